The lowest BCUT2D eigenvalue weighted by Gasteiger charge is -2.31. The molecule has 32 heavy (non-hydrogen) atoms. The van der Waals surface area contributed by atoms with Gasteiger partial charge in [0.05, 0.1) is 36.6 Å². The van der Waals surface area contributed by atoms with E-state index < -0.39 is 29.7 Å². The summed E-state index contributed by atoms with van der Waals surface area (Å²) in [5.74, 6) is -0.760. The van der Waals surface area contributed by atoms with Crippen molar-refractivity contribution in [1.29, 1.82) is 0 Å². The van der Waals surface area contributed by atoms with Crippen LogP contribution in [0.1, 0.15) is 18.9 Å². The fourth-order valence-electron chi connectivity index (χ4n) is 3.29. The van der Waals surface area contributed by atoms with Crippen molar-refractivity contribution in [2.45, 2.75) is 25.6 Å². The molecule has 176 valence electrons. The molecular formula is C20H24F3N3O5S. The van der Waals surface area contributed by atoms with Crippen LogP contribution in [0, 0.1) is 0 Å². The molecule has 8 nitrogen and oxygen atoms in total. The normalized spacial score (nSPS) is 17.9. The number of nitrogens with zero attached hydrogens (tertiary/aromatic N) is 2. The number of anilines is 2. The number of halogens is 3. The van der Waals surface area contributed by atoms with Gasteiger partial charge in [-0.3, -0.25) is 14.4 Å². The zero-order chi connectivity index (χ0) is 23.3. The molecule has 0 aliphatic carbocycles. The highest BCUT2D eigenvalue weighted by molar-refractivity contribution is 8.13. The number of benzene rings is 1. The van der Waals surface area contributed by atoms with Crippen molar-refractivity contribution in [3.63, 3.8) is 0 Å². The highest BCUT2D eigenvalue weighted by Crippen LogP contribution is 2.36. The molecule has 2 aliphatic heterocycles. The smallest absolute Gasteiger partial charge is 0.416 e. The number of carbonyl (C=O) groups excluding carboxylic acids is 3. The molecule has 2 saturated heterocycles. The van der Waals surface area contributed by atoms with E-state index in [2.05, 4.69) is 5.32 Å². The number of ether oxygens (including phenoxy) is 2. The van der Waals surface area contributed by atoms with Gasteiger partial charge in [0, 0.05) is 31.9 Å². The molecular weight excluding hydrogens is 451 g/mol. The molecule has 0 aromatic heterocycles. The van der Waals surface area contributed by atoms with Gasteiger partial charge in [0.25, 0.3) is 11.1 Å². The molecule has 0 radical (unpaired) electrons. The van der Waals surface area contributed by atoms with E-state index in [4.69, 9.17) is 9.47 Å². The van der Waals surface area contributed by atoms with Crippen molar-refractivity contribution in [3.05, 3.63) is 23.8 Å². The number of esters is 1. The van der Waals surface area contributed by atoms with Gasteiger partial charge in [-0.25, -0.2) is 0 Å². The minimum Gasteiger partial charge on any atom is -0.452 e. The lowest BCUT2D eigenvalue weighted by Crippen LogP contribution is -2.37. The largest absolute Gasteiger partial charge is 0.452 e. The second kappa shape index (κ2) is 10.4. The van der Waals surface area contributed by atoms with Crippen LogP contribution < -0.4 is 10.2 Å². The van der Waals surface area contributed by atoms with E-state index in [-0.39, 0.29) is 23.9 Å². The predicted octanol–water partition coefficient (Wildman–Crippen LogP) is 2.97. The Bertz CT molecular complexity index is 861. The zero-order valence-electron chi connectivity index (χ0n) is 17.4. The van der Waals surface area contributed by atoms with Gasteiger partial charge in [-0.05, 0) is 25.1 Å². The molecule has 0 spiro atoms. The first-order valence-electron chi connectivity index (χ1n) is 10.1. The van der Waals surface area contributed by atoms with Crippen LogP contribution in [0.5, 0.6) is 0 Å². The van der Waals surface area contributed by atoms with Crippen molar-refractivity contribution in [2.75, 3.05) is 55.4 Å². The molecule has 0 bridgehead atoms. The van der Waals surface area contributed by atoms with Gasteiger partial charge in [-0.1, -0.05) is 11.8 Å². The van der Waals surface area contributed by atoms with Gasteiger partial charge in [-0.15, -0.1) is 0 Å². The Morgan fingerprint density at radius 1 is 1.25 bits per heavy atom. The number of carbonyl (C=O) groups is 3. The lowest BCUT2D eigenvalue weighted by atomic mass is 10.1. The van der Waals surface area contributed by atoms with Crippen LogP contribution in [0.15, 0.2) is 18.2 Å². The Morgan fingerprint density at radius 2 is 1.97 bits per heavy atom. The third kappa shape index (κ3) is 6.28. The van der Waals surface area contributed by atoms with E-state index in [1.165, 1.54) is 29.7 Å². The number of alkyl halides is 3. The van der Waals surface area contributed by atoms with Crippen LogP contribution in [0.3, 0.4) is 0 Å². The van der Waals surface area contributed by atoms with E-state index in [9.17, 15) is 27.6 Å². The first kappa shape index (κ1) is 24.2. The Morgan fingerprint density at radius 3 is 2.59 bits per heavy atom. The van der Waals surface area contributed by atoms with E-state index in [1.54, 1.807) is 0 Å². The van der Waals surface area contributed by atoms with E-state index in [1.807, 2.05) is 4.90 Å². The summed E-state index contributed by atoms with van der Waals surface area (Å²) >= 11 is 1.17. The van der Waals surface area contributed by atoms with Crippen LogP contribution in [0.4, 0.5) is 29.3 Å². The summed E-state index contributed by atoms with van der Waals surface area (Å²) in [5, 5.41) is 2.36. The first-order valence-corrected chi connectivity index (χ1v) is 11.1. The topological polar surface area (TPSA) is 88.2 Å². The van der Waals surface area contributed by atoms with Crippen LogP contribution in [0.2, 0.25) is 0 Å². The summed E-state index contributed by atoms with van der Waals surface area (Å²) in [6.07, 6.45) is -5.88. The fourth-order valence-corrected chi connectivity index (χ4v) is 4.14. The molecule has 0 saturated carbocycles. The Labute approximate surface area is 187 Å². The molecule has 2 heterocycles. The number of hydrogen-bond acceptors (Lipinski definition) is 7. The van der Waals surface area contributed by atoms with E-state index in [0.29, 0.717) is 44.3 Å². The highest BCUT2D eigenvalue weighted by Gasteiger charge is 2.32. The van der Waals surface area contributed by atoms with Crippen molar-refractivity contribution < 1.29 is 37.0 Å². The maximum Gasteiger partial charge on any atom is 0.416 e. The molecule has 1 aromatic rings. The van der Waals surface area contributed by atoms with Crippen molar-refractivity contribution in [2.24, 2.45) is 0 Å². The minimum atomic E-state index is -4.58. The number of amides is 2. The van der Waals surface area contributed by atoms with Gasteiger partial charge >= 0.3 is 12.1 Å². The average Bonchev–Trinajstić information content (AvgIpc) is 3.17. The third-order valence-corrected chi connectivity index (χ3v) is 5.93. The number of rotatable bonds is 7. The Balaban J connectivity index is 1.65. The standard InChI is InChI=1S/C20H24F3N3O5S/c1-13(31-17(27)4-5-26-8-11-32-19(26)29)18(28)24-15-12-14(20(21,22)23)2-3-16(15)25-6-9-30-10-7-25/h2-3,12-13H,4-11H2,1H3,(H,24,28)/t13-/m0/s1. The summed E-state index contributed by atoms with van der Waals surface area (Å²) in [6.45, 7) is 3.84. The highest BCUT2D eigenvalue weighted by atomic mass is 32.2. The Hall–Kier alpha value is -2.47. The molecule has 2 amide bonds. The number of hydrogen-bond donors (Lipinski definition) is 1. The van der Waals surface area contributed by atoms with Gasteiger partial charge in [0.15, 0.2) is 6.10 Å². The number of thioether (sulfide) groups is 1. The summed E-state index contributed by atoms with van der Waals surface area (Å²) in [7, 11) is 0. The van der Waals surface area contributed by atoms with Gasteiger partial charge in [0.1, 0.15) is 0 Å². The van der Waals surface area contributed by atoms with Gasteiger partial charge < -0.3 is 24.6 Å². The van der Waals surface area contributed by atoms with Crippen molar-refractivity contribution in [1.82, 2.24) is 4.90 Å². The molecule has 1 N–H and O–H groups in total. The molecule has 2 fully saturated rings. The zero-order valence-corrected chi connectivity index (χ0v) is 18.3. The molecule has 2 aliphatic rings. The third-order valence-electron chi connectivity index (χ3n) is 5.04. The summed E-state index contributed by atoms with van der Waals surface area (Å²) in [5.41, 5.74) is -0.491. The molecule has 1 aromatic carbocycles. The van der Waals surface area contributed by atoms with Crippen LogP contribution in [-0.4, -0.2) is 73.3 Å². The van der Waals surface area contributed by atoms with Crippen LogP contribution in [0.25, 0.3) is 0 Å². The molecule has 1 atom stereocenters. The monoisotopic (exact) mass is 475 g/mol. The first-order chi connectivity index (χ1) is 15.1. The maximum absolute atomic E-state index is 13.2. The SMILES string of the molecule is C[C@H](OC(=O)CCN1CCSC1=O)C(=O)Nc1cc(C(F)(F)F)ccc1N1CCOCC1. The Kier molecular flexibility index (Phi) is 7.88. The summed E-state index contributed by atoms with van der Waals surface area (Å²) in [4.78, 5) is 39.5. The van der Waals surface area contributed by atoms with Crippen molar-refractivity contribution in [3.8, 4) is 0 Å². The summed E-state index contributed by atoms with van der Waals surface area (Å²) in [6, 6.07) is 3.14. The minimum absolute atomic E-state index is 0.0192. The van der Waals surface area contributed by atoms with Crippen molar-refractivity contribution >= 4 is 40.3 Å². The fraction of sp³-hybridized carbons (Fsp3) is 0.550. The van der Waals surface area contributed by atoms with E-state index in [0.717, 1.165) is 12.1 Å². The maximum atomic E-state index is 13.2. The quantitative estimate of drug-likeness (QED) is 0.607. The predicted molar refractivity (Wildman–Crippen MR) is 113 cm³/mol. The number of nitrogens with one attached hydrogen (secondary N) is 1. The van der Waals surface area contributed by atoms with Gasteiger partial charge in [0.2, 0.25) is 0 Å². The van der Waals surface area contributed by atoms with Gasteiger partial charge in [-0.2, -0.15) is 13.2 Å². The summed E-state index contributed by atoms with van der Waals surface area (Å²) < 4.78 is 50.0. The second-order valence-corrected chi connectivity index (χ2v) is 8.35. The molecule has 12 heteroatoms. The van der Waals surface area contributed by atoms with Crippen LogP contribution >= 0.6 is 11.8 Å². The second-order valence-electron chi connectivity index (χ2n) is 7.30. The lowest BCUT2D eigenvalue weighted by molar-refractivity contribution is -0.153. The van der Waals surface area contributed by atoms with E-state index >= 15 is 0 Å². The van der Waals surface area contributed by atoms with Crippen LogP contribution in [-0.2, 0) is 25.2 Å². The average molecular weight is 475 g/mol. The molecule has 3 rings (SSSR count). The number of morpholine rings is 1. The molecule has 0 unspecified atom stereocenters.